The molecule has 118 valence electrons. The van der Waals surface area contributed by atoms with Crippen molar-refractivity contribution in [2.45, 2.75) is 37.6 Å². The van der Waals surface area contributed by atoms with Gasteiger partial charge in [0.1, 0.15) is 10.6 Å². The highest BCUT2D eigenvalue weighted by Gasteiger charge is 2.39. The minimum atomic E-state index is -3.62. The molecule has 0 spiro atoms. The molecule has 1 saturated heterocycles. The van der Waals surface area contributed by atoms with Crippen molar-refractivity contribution >= 4 is 21.6 Å². The molecule has 1 atom stereocenters. The maximum atomic E-state index is 13.0. The molecule has 1 aromatic heterocycles. The van der Waals surface area contributed by atoms with E-state index >= 15 is 0 Å². The van der Waals surface area contributed by atoms with Crippen molar-refractivity contribution in [1.82, 2.24) is 9.46 Å². The Hall–Kier alpha value is -1.37. The van der Waals surface area contributed by atoms with Crippen LogP contribution in [-0.2, 0) is 10.0 Å². The Kier molecular flexibility index (Phi) is 4.01. The average molecular weight is 341 g/mol. The number of aryl methyl sites for hydroxylation is 2. The van der Waals surface area contributed by atoms with Crippen molar-refractivity contribution in [3.63, 3.8) is 0 Å². The first kappa shape index (κ1) is 15.5. The molecule has 0 aliphatic carbocycles. The van der Waals surface area contributed by atoms with Gasteiger partial charge in [-0.25, -0.2) is 8.42 Å². The van der Waals surface area contributed by atoms with E-state index < -0.39 is 10.0 Å². The van der Waals surface area contributed by atoms with Crippen molar-refractivity contribution in [3.05, 3.63) is 46.3 Å². The van der Waals surface area contributed by atoms with Crippen LogP contribution in [0.2, 0.25) is 5.02 Å². The summed E-state index contributed by atoms with van der Waals surface area (Å²) in [5.41, 5.74) is 1.36. The fourth-order valence-corrected chi connectivity index (χ4v) is 5.11. The van der Waals surface area contributed by atoms with Crippen LogP contribution in [0.3, 0.4) is 0 Å². The number of sulfonamides is 1. The zero-order chi connectivity index (χ0) is 15.9. The molecular formula is C15H17ClN2O3S. The number of halogens is 1. The zero-order valence-corrected chi connectivity index (χ0v) is 14.0. The van der Waals surface area contributed by atoms with Gasteiger partial charge < -0.3 is 4.52 Å². The van der Waals surface area contributed by atoms with E-state index in [2.05, 4.69) is 5.16 Å². The maximum Gasteiger partial charge on any atom is 0.249 e. The number of hydrogen-bond acceptors (Lipinski definition) is 4. The van der Waals surface area contributed by atoms with Crippen LogP contribution in [0.4, 0.5) is 0 Å². The fraction of sp³-hybridized carbons (Fsp3) is 0.400. The number of hydrogen-bond donors (Lipinski definition) is 0. The van der Waals surface area contributed by atoms with Gasteiger partial charge in [-0.1, -0.05) is 28.9 Å². The van der Waals surface area contributed by atoms with E-state index in [-0.39, 0.29) is 10.9 Å². The van der Waals surface area contributed by atoms with Gasteiger partial charge in [-0.2, -0.15) is 4.31 Å². The molecule has 1 aliphatic rings. The molecule has 1 aliphatic heterocycles. The molecule has 0 saturated carbocycles. The van der Waals surface area contributed by atoms with Crippen LogP contribution in [0.25, 0.3) is 0 Å². The highest BCUT2D eigenvalue weighted by atomic mass is 35.5. The molecule has 22 heavy (non-hydrogen) atoms. The summed E-state index contributed by atoms with van der Waals surface area (Å²) in [7, 11) is -3.62. The summed E-state index contributed by atoms with van der Waals surface area (Å²) in [4.78, 5) is 0.188. The summed E-state index contributed by atoms with van der Waals surface area (Å²) in [6.45, 7) is 3.77. The Morgan fingerprint density at radius 3 is 2.55 bits per heavy atom. The lowest BCUT2D eigenvalue weighted by atomic mass is 10.1. The molecule has 0 amide bonds. The SMILES string of the molecule is Cc1noc(C)c1S(=O)(=O)N1CCCC1c1ccc(Cl)cc1. The van der Waals surface area contributed by atoms with Crippen molar-refractivity contribution in [2.24, 2.45) is 0 Å². The Morgan fingerprint density at radius 1 is 1.27 bits per heavy atom. The predicted octanol–water partition coefficient (Wildman–Crippen LogP) is 3.47. The lowest BCUT2D eigenvalue weighted by Gasteiger charge is -2.24. The van der Waals surface area contributed by atoms with Gasteiger partial charge in [-0.15, -0.1) is 0 Å². The third kappa shape index (κ3) is 2.55. The van der Waals surface area contributed by atoms with Crippen LogP contribution in [-0.4, -0.2) is 24.4 Å². The first-order valence-corrected chi connectivity index (χ1v) is 8.93. The van der Waals surface area contributed by atoms with Crippen molar-refractivity contribution in [2.75, 3.05) is 6.54 Å². The second kappa shape index (κ2) is 5.68. The molecule has 0 radical (unpaired) electrons. The second-order valence-corrected chi connectivity index (χ2v) is 7.74. The quantitative estimate of drug-likeness (QED) is 0.858. The summed E-state index contributed by atoms with van der Waals surface area (Å²) in [5, 5.41) is 4.41. The van der Waals surface area contributed by atoms with E-state index in [0.29, 0.717) is 23.0 Å². The molecular weight excluding hydrogens is 324 g/mol. The normalized spacial score (nSPS) is 19.7. The average Bonchev–Trinajstić information content (AvgIpc) is 3.07. The Labute approximate surface area is 134 Å². The molecule has 1 aromatic carbocycles. The lowest BCUT2D eigenvalue weighted by Crippen LogP contribution is -2.31. The molecule has 5 nitrogen and oxygen atoms in total. The van der Waals surface area contributed by atoms with Crippen molar-refractivity contribution < 1.29 is 12.9 Å². The number of nitrogens with zero attached hydrogens (tertiary/aromatic N) is 2. The molecule has 2 heterocycles. The summed E-state index contributed by atoms with van der Waals surface area (Å²) < 4.78 is 32.5. The molecule has 0 N–H and O–H groups in total. The van der Waals surface area contributed by atoms with E-state index in [9.17, 15) is 8.42 Å². The molecule has 7 heteroatoms. The first-order valence-electron chi connectivity index (χ1n) is 7.11. The first-order chi connectivity index (χ1) is 10.4. The van der Waals surface area contributed by atoms with Gasteiger partial charge in [-0.3, -0.25) is 0 Å². The van der Waals surface area contributed by atoms with E-state index in [0.717, 1.165) is 18.4 Å². The lowest BCUT2D eigenvalue weighted by molar-refractivity contribution is 0.384. The second-order valence-electron chi connectivity index (χ2n) is 5.48. The fourth-order valence-electron chi connectivity index (χ4n) is 3.01. The summed E-state index contributed by atoms with van der Waals surface area (Å²) in [6.07, 6.45) is 1.63. The van der Waals surface area contributed by atoms with E-state index in [1.807, 2.05) is 12.1 Å². The van der Waals surface area contributed by atoms with Gasteiger partial charge in [0, 0.05) is 11.6 Å². The predicted molar refractivity (Wildman–Crippen MR) is 83.3 cm³/mol. The van der Waals surface area contributed by atoms with Crippen LogP contribution in [0.15, 0.2) is 33.7 Å². The van der Waals surface area contributed by atoms with Gasteiger partial charge in [-0.05, 0) is 44.4 Å². The van der Waals surface area contributed by atoms with Crippen LogP contribution in [0.1, 0.15) is 35.9 Å². The number of benzene rings is 1. The highest BCUT2D eigenvalue weighted by Crippen LogP contribution is 2.38. The standard InChI is InChI=1S/C15H17ClN2O3S/c1-10-15(11(2)21-17-10)22(19,20)18-9-3-4-14(18)12-5-7-13(16)8-6-12/h5-8,14H,3-4,9H2,1-2H3. The van der Waals surface area contributed by atoms with E-state index in [4.69, 9.17) is 16.1 Å². The van der Waals surface area contributed by atoms with Gasteiger partial charge >= 0.3 is 0 Å². The van der Waals surface area contributed by atoms with E-state index in [1.165, 1.54) is 0 Å². The highest BCUT2D eigenvalue weighted by molar-refractivity contribution is 7.89. The van der Waals surface area contributed by atoms with Gasteiger partial charge in [0.05, 0.1) is 6.04 Å². The smallest absolute Gasteiger partial charge is 0.249 e. The molecule has 2 aromatic rings. The minimum Gasteiger partial charge on any atom is -0.360 e. The Morgan fingerprint density at radius 2 is 1.95 bits per heavy atom. The van der Waals surface area contributed by atoms with Gasteiger partial charge in [0.25, 0.3) is 0 Å². The topological polar surface area (TPSA) is 63.4 Å². The van der Waals surface area contributed by atoms with Gasteiger partial charge in [0.2, 0.25) is 10.0 Å². The van der Waals surface area contributed by atoms with Crippen LogP contribution in [0, 0.1) is 13.8 Å². The van der Waals surface area contributed by atoms with Crippen molar-refractivity contribution in [3.8, 4) is 0 Å². The maximum absolute atomic E-state index is 13.0. The summed E-state index contributed by atoms with van der Waals surface area (Å²) in [5.74, 6) is 0.333. The van der Waals surface area contributed by atoms with Crippen molar-refractivity contribution in [1.29, 1.82) is 0 Å². The molecule has 3 rings (SSSR count). The van der Waals surface area contributed by atoms with Crippen LogP contribution >= 0.6 is 11.6 Å². The zero-order valence-electron chi connectivity index (χ0n) is 12.4. The minimum absolute atomic E-state index is 0.170. The number of aromatic nitrogens is 1. The van der Waals surface area contributed by atoms with Crippen LogP contribution in [0.5, 0.6) is 0 Å². The Bertz CT molecular complexity index is 764. The largest absolute Gasteiger partial charge is 0.360 e. The van der Waals surface area contributed by atoms with Crippen LogP contribution < -0.4 is 0 Å². The third-order valence-corrected chi connectivity index (χ3v) is 6.40. The molecule has 0 bridgehead atoms. The monoisotopic (exact) mass is 340 g/mol. The van der Waals surface area contributed by atoms with Gasteiger partial charge in [0.15, 0.2) is 5.76 Å². The summed E-state index contributed by atoms with van der Waals surface area (Å²) >= 11 is 5.91. The Balaban J connectivity index is 2.01. The molecule has 1 fully saturated rings. The summed E-state index contributed by atoms with van der Waals surface area (Å²) in [6, 6.07) is 7.17. The molecule has 1 unspecified atom stereocenters. The van der Waals surface area contributed by atoms with E-state index in [1.54, 1.807) is 30.3 Å². The number of rotatable bonds is 3. The third-order valence-electron chi connectivity index (χ3n) is 3.99.